The molecule has 4 nitrogen and oxygen atoms in total. The molecule has 1 aromatic carbocycles. The Labute approximate surface area is 131 Å². The van der Waals surface area contributed by atoms with Gasteiger partial charge < -0.3 is 11.1 Å². The zero-order chi connectivity index (χ0) is 13.2. The predicted octanol–water partition coefficient (Wildman–Crippen LogP) is 2.55. The van der Waals surface area contributed by atoms with E-state index in [-0.39, 0.29) is 30.7 Å². The van der Waals surface area contributed by atoms with Crippen LogP contribution in [0.25, 0.3) is 10.9 Å². The number of fused-ring (bicyclic) bond motifs is 1. The molecule has 0 radical (unpaired) electrons. The van der Waals surface area contributed by atoms with Gasteiger partial charge in [-0.25, -0.2) is 0 Å². The fourth-order valence-corrected chi connectivity index (χ4v) is 1.69. The molecular weight excluding hydrogens is 297 g/mol. The Morgan fingerprint density at radius 2 is 1.90 bits per heavy atom. The van der Waals surface area contributed by atoms with Crippen LogP contribution >= 0.6 is 24.8 Å². The van der Waals surface area contributed by atoms with Crippen LogP contribution < -0.4 is 11.1 Å². The fraction of sp³-hybridized carbons (Fsp3) is 0.286. The quantitative estimate of drug-likeness (QED) is 0.914. The topological polar surface area (TPSA) is 68.0 Å². The summed E-state index contributed by atoms with van der Waals surface area (Å²) in [6.45, 7) is 4.16. The van der Waals surface area contributed by atoms with Crippen molar-refractivity contribution in [3.8, 4) is 0 Å². The van der Waals surface area contributed by atoms with Crippen molar-refractivity contribution in [2.75, 3.05) is 6.54 Å². The standard InChI is InChI=1S/C14H17N3O.2ClH/c1-14(2,15)9-17-13(18)11-7-3-5-10-6-4-8-16-12(10)11;;/h3-8H,9,15H2,1-2H3,(H,17,18);2*1H. The molecule has 2 rings (SSSR count). The highest BCUT2D eigenvalue weighted by Gasteiger charge is 2.15. The van der Waals surface area contributed by atoms with Crippen LogP contribution in [0.3, 0.4) is 0 Å². The first-order valence-corrected chi connectivity index (χ1v) is 5.88. The van der Waals surface area contributed by atoms with Crippen molar-refractivity contribution in [3.63, 3.8) is 0 Å². The number of aromatic nitrogens is 1. The van der Waals surface area contributed by atoms with E-state index in [0.717, 1.165) is 5.39 Å². The van der Waals surface area contributed by atoms with Crippen molar-refractivity contribution in [2.24, 2.45) is 5.73 Å². The third-order valence-electron chi connectivity index (χ3n) is 2.58. The van der Waals surface area contributed by atoms with Crippen LogP contribution in [0.1, 0.15) is 24.2 Å². The summed E-state index contributed by atoms with van der Waals surface area (Å²) in [7, 11) is 0. The number of amides is 1. The first-order chi connectivity index (χ1) is 8.47. The van der Waals surface area contributed by atoms with Crippen molar-refractivity contribution in [1.82, 2.24) is 10.3 Å². The highest BCUT2D eigenvalue weighted by Crippen LogP contribution is 2.15. The van der Waals surface area contributed by atoms with Gasteiger partial charge in [0.15, 0.2) is 0 Å². The van der Waals surface area contributed by atoms with E-state index in [1.165, 1.54) is 0 Å². The highest BCUT2D eigenvalue weighted by molar-refractivity contribution is 6.05. The first-order valence-electron chi connectivity index (χ1n) is 5.88. The third kappa shape index (κ3) is 4.63. The second-order valence-electron chi connectivity index (χ2n) is 5.05. The molecule has 2 aromatic rings. The molecule has 3 N–H and O–H groups in total. The number of halogens is 2. The highest BCUT2D eigenvalue weighted by atomic mass is 35.5. The molecule has 0 aliphatic heterocycles. The largest absolute Gasteiger partial charge is 0.350 e. The number of hydrogen-bond acceptors (Lipinski definition) is 3. The van der Waals surface area contributed by atoms with Gasteiger partial charge in [-0.3, -0.25) is 9.78 Å². The van der Waals surface area contributed by atoms with Crippen LogP contribution in [-0.2, 0) is 0 Å². The maximum Gasteiger partial charge on any atom is 0.253 e. The Morgan fingerprint density at radius 1 is 1.25 bits per heavy atom. The molecule has 0 spiro atoms. The minimum atomic E-state index is -0.423. The summed E-state index contributed by atoms with van der Waals surface area (Å²) in [6.07, 6.45) is 1.69. The van der Waals surface area contributed by atoms with Crippen molar-refractivity contribution in [3.05, 3.63) is 42.1 Å². The number of hydrogen-bond donors (Lipinski definition) is 2. The van der Waals surface area contributed by atoms with E-state index in [4.69, 9.17) is 5.73 Å². The van der Waals surface area contributed by atoms with Crippen molar-refractivity contribution < 1.29 is 4.79 Å². The minimum absolute atomic E-state index is 0. The monoisotopic (exact) mass is 315 g/mol. The SMILES string of the molecule is CC(C)(N)CNC(=O)c1cccc2cccnc12.Cl.Cl. The van der Waals surface area contributed by atoms with Crippen LogP contribution in [0.5, 0.6) is 0 Å². The van der Waals surface area contributed by atoms with Gasteiger partial charge in [0.25, 0.3) is 5.91 Å². The number of carbonyl (C=O) groups excluding carboxylic acids is 1. The fourth-order valence-electron chi connectivity index (χ4n) is 1.69. The summed E-state index contributed by atoms with van der Waals surface area (Å²) in [6, 6.07) is 9.35. The second-order valence-corrected chi connectivity index (χ2v) is 5.05. The number of pyridine rings is 1. The Kier molecular flexibility index (Phi) is 6.92. The lowest BCUT2D eigenvalue weighted by Crippen LogP contribution is -2.45. The molecule has 110 valence electrons. The molecule has 0 aliphatic carbocycles. The molecule has 6 heteroatoms. The molecule has 20 heavy (non-hydrogen) atoms. The summed E-state index contributed by atoms with van der Waals surface area (Å²) < 4.78 is 0. The van der Waals surface area contributed by atoms with Gasteiger partial charge in [-0.1, -0.05) is 18.2 Å². The molecule has 0 fully saturated rings. The van der Waals surface area contributed by atoms with Gasteiger partial charge in [0.1, 0.15) is 0 Å². The maximum absolute atomic E-state index is 12.1. The van der Waals surface area contributed by atoms with Crippen molar-refractivity contribution >= 4 is 41.6 Å². The summed E-state index contributed by atoms with van der Waals surface area (Å²) in [5.74, 6) is -0.141. The van der Waals surface area contributed by atoms with Crippen LogP contribution in [0, 0.1) is 0 Å². The van der Waals surface area contributed by atoms with Gasteiger partial charge in [0, 0.05) is 23.7 Å². The Hall–Kier alpha value is -1.36. The zero-order valence-corrected chi connectivity index (χ0v) is 13.1. The molecule has 1 aromatic heterocycles. The van der Waals surface area contributed by atoms with Gasteiger partial charge in [0.05, 0.1) is 11.1 Å². The molecule has 0 saturated carbocycles. The van der Waals surface area contributed by atoms with E-state index in [2.05, 4.69) is 10.3 Å². The van der Waals surface area contributed by atoms with Gasteiger partial charge >= 0.3 is 0 Å². The van der Waals surface area contributed by atoms with Gasteiger partial charge in [-0.2, -0.15) is 0 Å². The summed E-state index contributed by atoms with van der Waals surface area (Å²) >= 11 is 0. The van der Waals surface area contributed by atoms with Crippen LogP contribution in [0.15, 0.2) is 36.5 Å². The normalized spacial score (nSPS) is 10.3. The van der Waals surface area contributed by atoms with Crippen molar-refractivity contribution in [2.45, 2.75) is 19.4 Å². The van der Waals surface area contributed by atoms with E-state index < -0.39 is 5.54 Å². The van der Waals surface area contributed by atoms with Crippen LogP contribution in [0.4, 0.5) is 0 Å². The maximum atomic E-state index is 12.1. The predicted molar refractivity (Wildman–Crippen MR) is 86.8 cm³/mol. The number of carbonyl (C=O) groups is 1. The number of rotatable bonds is 3. The van der Waals surface area contributed by atoms with Crippen LogP contribution in [0.2, 0.25) is 0 Å². The number of benzene rings is 1. The lowest BCUT2D eigenvalue weighted by molar-refractivity contribution is 0.0947. The Bertz CT molecular complexity index is 577. The molecule has 0 saturated heterocycles. The Morgan fingerprint density at radius 3 is 2.55 bits per heavy atom. The number of nitrogens with two attached hydrogens (primary N) is 1. The molecule has 1 heterocycles. The minimum Gasteiger partial charge on any atom is -0.350 e. The number of nitrogens with zero attached hydrogens (tertiary/aromatic N) is 1. The van der Waals surface area contributed by atoms with E-state index >= 15 is 0 Å². The molecule has 0 aliphatic rings. The summed E-state index contributed by atoms with van der Waals surface area (Å²) in [5.41, 5.74) is 6.72. The van der Waals surface area contributed by atoms with E-state index in [9.17, 15) is 4.79 Å². The second kappa shape index (κ2) is 7.43. The average Bonchev–Trinajstić information content (AvgIpc) is 2.34. The Balaban J connectivity index is 0.00000180. The smallest absolute Gasteiger partial charge is 0.253 e. The van der Waals surface area contributed by atoms with Crippen LogP contribution in [-0.4, -0.2) is 23.0 Å². The number of nitrogens with one attached hydrogen (secondary N) is 1. The van der Waals surface area contributed by atoms with Crippen molar-refractivity contribution in [1.29, 1.82) is 0 Å². The molecule has 0 atom stereocenters. The molecule has 0 unspecified atom stereocenters. The summed E-state index contributed by atoms with van der Waals surface area (Å²) in [4.78, 5) is 16.4. The zero-order valence-electron chi connectivity index (χ0n) is 11.4. The van der Waals surface area contributed by atoms with E-state index in [1.54, 1.807) is 12.3 Å². The van der Waals surface area contributed by atoms with Gasteiger partial charge in [-0.05, 0) is 26.0 Å². The lowest BCUT2D eigenvalue weighted by atomic mass is 10.1. The van der Waals surface area contributed by atoms with E-state index in [0.29, 0.717) is 17.6 Å². The first kappa shape index (κ1) is 18.6. The number of para-hydroxylation sites is 1. The lowest BCUT2D eigenvalue weighted by Gasteiger charge is -2.19. The van der Waals surface area contributed by atoms with E-state index in [1.807, 2.05) is 38.1 Å². The molecule has 0 bridgehead atoms. The van der Waals surface area contributed by atoms with Gasteiger partial charge in [0.2, 0.25) is 0 Å². The molecular formula is C14H19Cl2N3O. The molecule has 1 amide bonds. The average molecular weight is 316 g/mol. The third-order valence-corrected chi connectivity index (χ3v) is 2.58. The summed E-state index contributed by atoms with van der Waals surface area (Å²) in [5, 5.41) is 3.78. The van der Waals surface area contributed by atoms with Gasteiger partial charge in [-0.15, -0.1) is 24.8 Å².